The van der Waals surface area contributed by atoms with Crippen LogP contribution in [0.1, 0.15) is 26.7 Å². The third-order valence-corrected chi connectivity index (χ3v) is 2.65. The first-order valence-electron chi connectivity index (χ1n) is 5.24. The summed E-state index contributed by atoms with van der Waals surface area (Å²) < 4.78 is 4.88. The standard InChI is InChI=1S/C11H19NO2/c1-4-14-11(13)9(2)8-12-7-5-6-10(12)3/h10H,2,4-8H2,1,3H3. The Labute approximate surface area is 85.7 Å². The lowest BCUT2D eigenvalue weighted by Crippen LogP contribution is -2.30. The fourth-order valence-electron chi connectivity index (χ4n) is 1.77. The topological polar surface area (TPSA) is 29.5 Å². The SMILES string of the molecule is C=C(CN1CCCC1C)C(=O)OCC. The summed E-state index contributed by atoms with van der Waals surface area (Å²) in [7, 11) is 0. The van der Waals surface area contributed by atoms with Crippen LogP contribution in [0.5, 0.6) is 0 Å². The normalized spacial score (nSPS) is 22.3. The lowest BCUT2D eigenvalue weighted by molar-refractivity contribution is -0.138. The van der Waals surface area contributed by atoms with Gasteiger partial charge in [0.05, 0.1) is 6.61 Å². The van der Waals surface area contributed by atoms with Gasteiger partial charge in [0.15, 0.2) is 0 Å². The van der Waals surface area contributed by atoms with E-state index in [0.717, 1.165) is 6.54 Å². The second-order valence-corrected chi connectivity index (χ2v) is 3.79. The molecule has 0 radical (unpaired) electrons. The van der Waals surface area contributed by atoms with Gasteiger partial charge in [-0.15, -0.1) is 0 Å². The average molecular weight is 197 g/mol. The molecular weight excluding hydrogens is 178 g/mol. The van der Waals surface area contributed by atoms with Gasteiger partial charge >= 0.3 is 5.97 Å². The van der Waals surface area contributed by atoms with Gasteiger partial charge in [0.25, 0.3) is 0 Å². The number of hydrogen-bond donors (Lipinski definition) is 0. The Hall–Kier alpha value is -0.830. The van der Waals surface area contributed by atoms with Crippen LogP contribution >= 0.6 is 0 Å². The minimum absolute atomic E-state index is 0.258. The number of rotatable bonds is 4. The van der Waals surface area contributed by atoms with Gasteiger partial charge in [-0.1, -0.05) is 6.58 Å². The van der Waals surface area contributed by atoms with Crippen molar-refractivity contribution in [3.8, 4) is 0 Å². The summed E-state index contributed by atoms with van der Waals surface area (Å²) in [5.41, 5.74) is 0.570. The Morgan fingerprint density at radius 2 is 2.36 bits per heavy atom. The van der Waals surface area contributed by atoms with E-state index in [0.29, 0.717) is 24.8 Å². The molecule has 1 heterocycles. The summed E-state index contributed by atoms with van der Waals surface area (Å²) in [4.78, 5) is 13.6. The Kier molecular flexibility index (Phi) is 4.14. The monoisotopic (exact) mass is 197 g/mol. The van der Waals surface area contributed by atoms with Crippen LogP contribution in [0.2, 0.25) is 0 Å². The van der Waals surface area contributed by atoms with Gasteiger partial charge in [0.2, 0.25) is 0 Å². The van der Waals surface area contributed by atoms with Crippen LogP contribution in [-0.4, -0.2) is 36.6 Å². The lowest BCUT2D eigenvalue weighted by Gasteiger charge is -2.21. The summed E-state index contributed by atoms with van der Waals surface area (Å²) >= 11 is 0. The highest BCUT2D eigenvalue weighted by atomic mass is 16.5. The first kappa shape index (κ1) is 11.2. The Morgan fingerprint density at radius 3 is 2.86 bits per heavy atom. The van der Waals surface area contributed by atoms with E-state index < -0.39 is 0 Å². The van der Waals surface area contributed by atoms with E-state index in [1.807, 2.05) is 6.92 Å². The predicted octanol–water partition coefficient (Wildman–Crippen LogP) is 1.59. The summed E-state index contributed by atoms with van der Waals surface area (Å²) in [5.74, 6) is -0.258. The highest BCUT2D eigenvalue weighted by Crippen LogP contribution is 2.17. The van der Waals surface area contributed by atoms with Gasteiger partial charge in [-0.25, -0.2) is 4.79 Å². The third kappa shape index (κ3) is 2.84. The molecule has 14 heavy (non-hydrogen) atoms. The van der Waals surface area contributed by atoms with Crippen LogP contribution in [-0.2, 0) is 9.53 Å². The van der Waals surface area contributed by atoms with Crippen LogP contribution in [0.4, 0.5) is 0 Å². The molecule has 1 aliphatic heterocycles. The van der Waals surface area contributed by atoms with Crippen molar-refractivity contribution in [1.82, 2.24) is 4.90 Å². The first-order valence-corrected chi connectivity index (χ1v) is 5.24. The van der Waals surface area contributed by atoms with E-state index >= 15 is 0 Å². The van der Waals surface area contributed by atoms with Crippen LogP contribution < -0.4 is 0 Å². The van der Waals surface area contributed by atoms with Gasteiger partial charge in [-0.05, 0) is 33.2 Å². The average Bonchev–Trinajstić information content (AvgIpc) is 2.52. The second-order valence-electron chi connectivity index (χ2n) is 3.79. The van der Waals surface area contributed by atoms with Gasteiger partial charge in [0, 0.05) is 18.2 Å². The quantitative estimate of drug-likeness (QED) is 0.506. The van der Waals surface area contributed by atoms with E-state index in [1.165, 1.54) is 12.8 Å². The number of ether oxygens (including phenoxy) is 1. The first-order chi connectivity index (χ1) is 6.65. The fourth-order valence-corrected chi connectivity index (χ4v) is 1.77. The molecule has 80 valence electrons. The lowest BCUT2D eigenvalue weighted by atomic mass is 10.2. The van der Waals surface area contributed by atoms with Crippen molar-refractivity contribution in [3.63, 3.8) is 0 Å². The number of esters is 1. The van der Waals surface area contributed by atoms with Crippen LogP contribution in [0, 0.1) is 0 Å². The molecule has 1 atom stereocenters. The largest absolute Gasteiger partial charge is 0.463 e. The van der Waals surface area contributed by atoms with Gasteiger partial charge in [0.1, 0.15) is 0 Å². The van der Waals surface area contributed by atoms with Gasteiger partial charge in [-0.2, -0.15) is 0 Å². The van der Waals surface area contributed by atoms with Crippen molar-refractivity contribution in [1.29, 1.82) is 0 Å². The molecule has 3 heteroatoms. The molecule has 0 aromatic carbocycles. The number of carbonyl (C=O) groups excluding carboxylic acids is 1. The van der Waals surface area contributed by atoms with Crippen molar-refractivity contribution >= 4 is 5.97 Å². The van der Waals surface area contributed by atoms with Crippen LogP contribution in [0.25, 0.3) is 0 Å². The molecule has 0 amide bonds. The van der Waals surface area contributed by atoms with Crippen LogP contribution in [0.15, 0.2) is 12.2 Å². The summed E-state index contributed by atoms with van der Waals surface area (Å²) in [6.07, 6.45) is 2.44. The zero-order valence-corrected chi connectivity index (χ0v) is 9.08. The smallest absolute Gasteiger partial charge is 0.334 e. The van der Waals surface area contributed by atoms with Crippen molar-refractivity contribution in [2.45, 2.75) is 32.7 Å². The van der Waals surface area contributed by atoms with Gasteiger partial charge in [-0.3, -0.25) is 4.90 Å². The highest BCUT2D eigenvalue weighted by Gasteiger charge is 2.22. The van der Waals surface area contributed by atoms with Crippen molar-refractivity contribution < 1.29 is 9.53 Å². The molecule has 1 rings (SSSR count). The fraction of sp³-hybridized carbons (Fsp3) is 0.727. The molecule has 1 saturated heterocycles. The molecule has 1 fully saturated rings. The number of likely N-dealkylation sites (tertiary alicyclic amines) is 1. The molecule has 0 N–H and O–H groups in total. The molecular formula is C11H19NO2. The highest BCUT2D eigenvalue weighted by molar-refractivity contribution is 5.88. The summed E-state index contributed by atoms with van der Waals surface area (Å²) in [6.45, 7) is 9.90. The molecule has 0 saturated carbocycles. The van der Waals surface area contributed by atoms with E-state index in [2.05, 4.69) is 18.4 Å². The minimum atomic E-state index is -0.258. The Balaban J connectivity index is 2.36. The van der Waals surface area contributed by atoms with E-state index in [1.54, 1.807) is 0 Å². The maximum Gasteiger partial charge on any atom is 0.334 e. The van der Waals surface area contributed by atoms with Gasteiger partial charge < -0.3 is 4.74 Å². The number of nitrogens with zero attached hydrogens (tertiary/aromatic N) is 1. The minimum Gasteiger partial charge on any atom is -0.463 e. The van der Waals surface area contributed by atoms with Crippen molar-refractivity contribution in [3.05, 3.63) is 12.2 Å². The molecule has 0 bridgehead atoms. The van der Waals surface area contributed by atoms with E-state index in [-0.39, 0.29) is 5.97 Å². The zero-order valence-electron chi connectivity index (χ0n) is 9.08. The number of hydrogen-bond acceptors (Lipinski definition) is 3. The molecule has 3 nitrogen and oxygen atoms in total. The van der Waals surface area contributed by atoms with E-state index in [9.17, 15) is 4.79 Å². The Morgan fingerprint density at radius 1 is 1.64 bits per heavy atom. The second kappa shape index (κ2) is 5.15. The molecule has 0 aliphatic carbocycles. The molecule has 1 unspecified atom stereocenters. The number of carbonyl (C=O) groups is 1. The molecule has 0 spiro atoms. The molecule has 0 aromatic heterocycles. The maximum atomic E-state index is 11.3. The van der Waals surface area contributed by atoms with Crippen LogP contribution in [0.3, 0.4) is 0 Å². The van der Waals surface area contributed by atoms with Crippen molar-refractivity contribution in [2.75, 3.05) is 19.7 Å². The van der Waals surface area contributed by atoms with E-state index in [4.69, 9.17) is 4.74 Å². The van der Waals surface area contributed by atoms with Crippen molar-refractivity contribution in [2.24, 2.45) is 0 Å². The zero-order chi connectivity index (χ0) is 10.6. The summed E-state index contributed by atoms with van der Waals surface area (Å²) in [6, 6.07) is 0.571. The maximum absolute atomic E-state index is 11.3. The molecule has 0 aromatic rings. The third-order valence-electron chi connectivity index (χ3n) is 2.65. The summed E-state index contributed by atoms with van der Waals surface area (Å²) in [5, 5.41) is 0. The Bertz CT molecular complexity index is 225. The molecule has 1 aliphatic rings. The predicted molar refractivity (Wildman–Crippen MR) is 56.0 cm³/mol.